The highest BCUT2D eigenvalue weighted by Gasteiger charge is 2.57. The Labute approximate surface area is 376 Å². The Morgan fingerprint density at radius 1 is 1.11 bits per heavy atom. The highest BCUT2D eigenvalue weighted by molar-refractivity contribution is 7.13. The number of alkyl carbamates (subject to hydrolysis) is 2. The highest BCUT2D eigenvalue weighted by Crippen LogP contribution is 2.44. The second kappa shape index (κ2) is 20.5. The zero-order valence-electron chi connectivity index (χ0n) is 38.5. The van der Waals surface area contributed by atoms with Gasteiger partial charge >= 0.3 is 18.2 Å². The van der Waals surface area contributed by atoms with E-state index in [1.54, 1.807) is 30.7 Å². The van der Waals surface area contributed by atoms with Crippen molar-refractivity contribution in [1.82, 2.24) is 20.5 Å². The van der Waals surface area contributed by atoms with Crippen molar-refractivity contribution in [2.75, 3.05) is 33.9 Å². The second-order valence-corrected chi connectivity index (χ2v) is 19.4. The Morgan fingerprint density at radius 2 is 1.84 bits per heavy atom. The minimum atomic E-state index is -1.26. The number of benzene rings is 1. The zero-order chi connectivity index (χ0) is 45.8. The molecule has 14 atom stereocenters. The molecule has 0 spiro atoms. The van der Waals surface area contributed by atoms with Crippen LogP contribution in [-0.2, 0) is 44.5 Å². The lowest BCUT2D eigenvalue weighted by Gasteiger charge is -2.49. The summed E-state index contributed by atoms with van der Waals surface area (Å²) in [6.45, 7) is 20.1. The van der Waals surface area contributed by atoms with Crippen molar-refractivity contribution in [3.63, 3.8) is 0 Å². The molecule has 2 aromatic rings. The monoisotopic (exact) mass is 896 g/mol. The van der Waals surface area contributed by atoms with Gasteiger partial charge in [0.25, 0.3) is 0 Å². The van der Waals surface area contributed by atoms with Crippen molar-refractivity contribution in [3.8, 4) is 10.4 Å². The number of hydrogen-bond acceptors (Lipinski definition) is 14. The average Bonchev–Trinajstić information content (AvgIpc) is 3.90. The lowest BCUT2D eigenvalue weighted by atomic mass is 9.71. The van der Waals surface area contributed by atoms with E-state index in [9.17, 15) is 19.5 Å². The third-order valence-corrected chi connectivity index (χ3v) is 14.3. The van der Waals surface area contributed by atoms with Gasteiger partial charge in [-0.1, -0.05) is 64.1 Å². The fraction of sp³-hybridized carbons (Fsp3) is 0.660. The quantitative estimate of drug-likeness (QED) is 0.139. The smallest absolute Gasteiger partial charge is 0.408 e. The lowest BCUT2D eigenvalue weighted by molar-refractivity contribution is -0.302. The van der Waals surface area contributed by atoms with Gasteiger partial charge < -0.3 is 53.8 Å². The first kappa shape index (κ1) is 48.6. The van der Waals surface area contributed by atoms with Crippen LogP contribution in [0, 0.1) is 23.7 Å². The molecule has 0 aliphatic carbocycles. The summed E-state index contributed by atoms with van der Waals surface area (Å²) in [6, 6.07) is 7.01. The Bertz CT molecular complexity index is 1930. The Hall–Kier alpha value is -3.90. The number of nitrogens with one attached hydrogen (secondary N) is 2. The van der Waals surface area contributed by atoms with E-state index in [0.29, 0.717) is 24.8 Å². The highest BCUT2D eigenvalue weighted by atomic mass is 32.1. The van der Waals surface area contributed by atoms with Crippen LogP contribution in [0.5, 0.6) is 0 Å². The number of cyclic esters (lactones) is 1. The summed E-state index contributed by atoms with van der Waals surface area (Å²) < 4.78 is 45.0. The first-order valence-electron chi connectivity index (χ1n) is 22.2. The molecule has 5 heterocycles. The molecule has 0 saturated carbocycles. The molecular formula is C47H68N4O11S. The van der Waals surface area contributed by atoms with Crippen molar-refractivity contribution < 1.29 is 52.6 Å². The molecule has 3 unspecified atom stereocenters. The number of ether oxygens (including phenoxy) is 7. The molecule has 4 aliphatic heterocycles. The number of aliphatic hydroxyl groups excluding tert-OH is 1. The van der Waals surface area contributed by atoms with Gasteiger partial charge in [0, 0.05) is 30.6 Å². The van der Waals surface area contributed by atoms with Crippen LogP contribution in [0.3, 0.4) is 0 Å². The maximum atomic E-state index is 14.4. The lowest BCUT2D eigenvalue weighted by Crippen LogP contribution is -2.60. The van der Waals surface area contributed by atoms with Gasteiger partial charge in [0.05, 0.1) is 59.5 Å². The van der Waals surface area contributed by atoms with Crippen molar-refractivity contribution in [2.45, 2.75) is 141 Å². The van der Waals surface area contributed by atoms with Crippen LogP contribution in [0.4, 0.5) is 9.59 Å². The van der Waals surface area contributed by atoms with Gasteiger partial charge in [0.1, 0.15) is 18.8 Å². The molecule has 3 N–H and O–H groups in total. The van der Waals surface area contributed by atoms with Crippen LogP contribution < -0.4 is 10.6 Å². The fourth-order valence-electron chi connectivity index (χ4n) is 10.1. The Kier molecular flexibility index (Phi) is 15.8. The molecule has 2 amide bonds. The predicted molar refractivity (Wildman–Crippen MR) is 238 cm³/mol. The summed E-state index contributed by atoms with van der Waals surface area (Å²) in [6.07, 6.45) is -0.771. The van der Waals surface area contributed by atoms with Gasteiger partial charge in [-0.3, -0.25) is 9.78 Å². The van der Waals surface area contributed by atoms with Crippen LogP contribution in [0.15, 0.2) is 59.8 Å². The standard InChI is InChI=1S/C47H68N4O11S/c1-12-37-47(9)40(50-45(55)62-47)29(5)34(17-18-56-44(54)49-21-32-13-15-33(16-14-32)36-22-48-25-63-36)27(3)20-46(8)41(61-43-38(52)35(51(10)11)19-28(4)59-43)30(6)39(31(7)42(53)60-37)57-23-26(2)24-58-46/h13-17,22,25,27-31,35,37-41,43,52H,2,12,18-21,23-24H2,1,3-11H3,(H,49,54)(H,50,55)/b34-17+/t27-,28-,29+,30+,31-,35+,37-,38-,39?,40?,41-,43?,46-,47-/m1/s1. The number of likely N-dealkylation sites (N-methyl/N-ethyl adjacent to an activating group) is 1. The van der Waals surface area contributed by atoms with Crippen molar-refractivity contribution in [1.29, 1.82) is 0 Å². The van der Waals surface area contributed by atoms with E-state index in [-0.39, 0.29) is 44.4 Å². The average molecular weight is 897 g/mol. The molecule has 2 bridgehead atoms. The number of carbonyl (C=O) groups is 3. The van der Waals surface area contributed by atoms with Crippen molar-refractivity contribution in [3.05, 3.63) is 65.3 Å². The van der Waals surface area contributed by atoms with Gasteiger partial charge in [-0.05, 0) is 89.7 Å². The number of carbonyl (C=O) groups excluding carboxylic acids is 3. The Morgan fingerprint density at radius 3 is 2.51 bits per heavy atom. The maximum Gasteiger partial charge on any atom is 0.408 e. The van der Waals surface area contributed by atoms with E-state index < -0.39 is 83.9 Å². The zero-order valence-corrected chi connectivity index (χ0v) is 39.3. The van der Waals surface area contributed by atoms with Gasteiger partial charge in [0.15, 0.2) is 11.9 Å². The summed E-state index contributed by atoms with van der Waals surface area (Å²) in [5.74, 6) is -2.53. The van der Waals surface area contributed by atoms with E-state index in [2.05, 4.69) is 29.1 Å². The van der Waals surface area contributed by atoms with Crippen LogP contribution >= 0.6 is 11.3 Å². The van der Waals surface area contributed by atoms with E-state index in [1.165, 1.54) is 0 Å². The number of esters is 1. The molecule has 0 radical (unpaired) electrons. The van der Waals surface area contributed by atoms with Gasteiger partial charge in [-0.15, -0.1) is 11.3 Å². The van der Waals surface area contributed by atoms with Crippen LogP contribution in [-0.4, -0.2) is 127 Å². The molecule has 1 aromatic carbocycles. The first-order chi connectivity index (χ1) is 29.8. The second-order valence-electron chi connectivity index (χ2n) is 18.5. The van der Waals surface area contributed by atoms with Crippen LogP contribution in [0.1, 0.15) is 80.2 Å². The minimum Gasteiger partial charge on any atom is -0.458 e. The van der Waals surface area contributed by atoms with E-state index in [1.807, 2.05) is 90.2 Å². The molecule has 15 nitrogen and oxygen atoms in total. The number of nitrogens with zero attached hydrogens (tertiary/aromatic N) is 2. The third kappa shape index (κ3) is 11.0. The SMILES string of the molecule is C=C1COC2[C@@H](C)C(=O)O[C@H](CC)[C@@]3(C)OC(=O)NC3[C@@H](C)/C(=C/COC(=O)NCc3ccc(-c4cncs4)cc3)[C@H](C)C[C@@](C)(OC1)[C@H](OC1O[C@H](C)C[C@H](N(C)C)[C@H]1O)[C@H]2C. The number of fused-ring (bicyclic) bond motifs is 4. The van der Waals surface area contributed by atoms with E-state index in [0.717, 1.165) is 21.6 Å². The number of hydrogen-bond donors (Lipinski definition) is 3. The number of amides is 2. The molecule has 1 aromatic heterocycles. The van der Waals surface area contributed by atoms with Crippen LogP contribution in [0.2, 0.25) is 0 Å². The predicted octanol–water partition coefficient (Wildman–Crippen LogP) is 6.64. The molecule has 4 aliphatic rings. The summed E-state index contributed by atoms with van der Waals surface area (Å²) in [5, 5.41) is 17.6. The fourth-order valence-corrected chi connectivity index (χ4v) is 10.7. The molecule has 16 heteroatoms. The molecule has 6 rings (SSSR count). The van der Waals surface area contributed by atoms with Crippen molar-refractivity contribution in [2.24, 2.45) is 23.7 Å². The van der Waals surface area contributed by atoms with Gasteiger partial charge in [-0.25, -0.2) is 9.59 Å². The molecular weight excluding hydrogens is 829 g/mol. The number of rotatable bonds is 9. The van der Waals surface area contributed by atoms with Crippen molar-refractivity contribution >= 4 is 29.5 Å². The summed E-state index contributed by atoms with van der Waals surface area (Å²) >= 11 is 1.56. The third-order valence-electron chi connectivity index (χ3n) is 13.5. The largest absolute Gasteiger partial charge is 0.458 e. The van der Waals surface area contributed by atoms with Gasteiger partial charge in [-0.2, -0.15) is 0 Å². The number of aromatic nitrogens is 1. The molecule has 4 saturated heterocycles. The maximum absolute atomic E-state index is 14.4. The first-order valence-corrected chi connectivity index (χ1v) is 23.1. The van der Waals surface area contributed by atoms with Crippen LogP contribution in [0.25, 0.3) is 10.4 Å². The summed E-state index contributed by atoms with van der Waals surface area (Å²) in [5.41, 5.74) is 2.91. The summed E-state index contributed by atoms with van der Waals surface area (Å²) in [4.78, 5) is 47.9. The minimum absolute atomic E-state index is 0.0748. The van der Waals surface area contributed by atoms with Gasteiger partial charge in [0.2, 0.25) is 0 Å². The molecule has 348 valence electrons. The number of aliphatic hydroxyl groups is 1. The van der Waals surface area contributed by atoms with E-state index >= 15 is 0 Å². The Balaban J connectivity index is 1.35. The molecule has 4 fully saturated rings. The molecule has 63 heavy (non-hydrogen) atoms. The normalized spacial score (nSPS) is 37.5. The summed E-state index contributed by atoms with van der Waals surface area (Å²) in [7, 11) is 3.84. The number of thiazole rings is 1. The topological polar surface area (TPSA) is 176 Å². The van der Waals surface area contributed by atoms with E-state index in [4.69, 9.17) is 33.2 Å².